The lowest BCUT2D eigenvalue weighted by Crippen LogP contribution is -2.53. The molecule has 1 N–H and O–H groups in total. The molecule has 2 bridgehead atoms. The van der Waals surface area contributed by atoms with E-state index in [1.807, 2.05) is 44.2 Å². The van der Waals surface area contributed by atoms with Gasteiger partial charge in [0.15, 0.2) is 0 Å². The van der Waals surface area contributed by atoms with E-state index in [1.165, 1.54) is 0 Å². The molecule has 6 rings (SSSR count). The third-order valence-electron chi connectivity index (χ3n) is 7.99. The molecule has 3 fully saturated rings. The first kappa shape index (κ1) is 24.1. The number of ether oxygens (including phenoxy) is 2. The second-order valence-electron chi connectivity index (χ2n) is 11.4. The van der Waals surface area contributed by atoms with E-state index < -0.39 is 6.09 Å². The summed E-state index contributed by atoms with van der Waals surface area (Å²) in [6.45, 7) is 11.2. The van der Waals surface area contributed by atoms with E-state index in [1.54, 1.807) is 6.07 Å². The van der Waals surface area contributed by atoms with Crippen LogP contribution in [0.1, 0.15) is 64.1 Å². The molecule has 0 spiro atoms. The molecule has 1 aliphatic carbocycles. The second kappa shape index (κ2) is 9.45. The van der Waals surface area contributed by atoms with Crippen LogP contribution in [0.4, 0.5) is 9.18 Å². The fraction of sp³-hybridized carbons (Fsp3) is 0.552. The number of benzene rings is 2. The van der Waals surface area contributed by atoms with Gasteiger partial charge in [-0.15, -0.1) is 0 Å². The lowest BCUT2D eigenvalue weighted by Gasteiger charge is -2.44. The van der Waals surface area contributed by atoms with Gasteiger partial charge in [0, 0.05) is 12.1 Å². The SMILES string of the molecule is CC(C)Oc1cccc(-c2cc3c(cc2F)[C@H](NC(=O)O[C@@H]2CN4CCC2CC4)C(C)(C)CC3)c1. The fourth-order valence-corrected chi connectivity index (χ4v) is 5.98. The number of halogens is 1. The highest BCUT2D eigenvalue weighted by molar-refractivity contribution is 5.70. The Bertz CT molecular complexity index is 1090. The summed E-state index contributed by atoms with van der Waals surface area (Å²) < 4.78 is 27.2. The molecule has 0 radical (unpaired) electrons. The van der Waals surface area contributed by atoms with Gasteiger partial charge in [0.2, 0.25) is 0 Å². The first-order valence-electron chi connectivity index (χ1n) is 13.0. The molecule has 1 amide bonds. The summed E-state index contributed by atoms with van der Waals surface area (Å²) in [7, 11) is 0. The highest BCUT2D eigenvalue weighted by Crippen LogP contribution is 2.45. The van der Waals surface area contributed by atoms with Gasteiger partial charge in [0.25, 0.3) is 0 Å². The molecule has 2 atom stereocenters. The maximum Gasteiger partial charge on any atom is 0.407 e. The van der Waals surface area contributed by atoms with Crippen molar-refractivity contribution < 1.29 is 18.7 Å². The zero-order valence-electron chi connectivity index (χ0n) is 21.3. The highest BCUT2D eigenvalue weighted by Gasteiger charge is 2.40. The van der Waals surface area contributed by atoms with Crippen LogP contribution in [0.2, 0.25) is 0 Å². The molecule has 2 aromatic rings. The molecule has 3 heterocycles. The number of nitrogens with zero attached hydrogens (tertiary/aromatic N) is 1. The summed E-state index contributed by atoms with van der Waals surface area (Å²) in [5.74, 6) is 0.888. The average Bonchev–Trinajstić information content (AvgIpc) is 2.81. The maximum atomic E-state index is 15.5. The van der Waals surface area contributed by atoms with Crippen LogP contribution in [-0.2, 0) is 11.2 Å². The Morgan fingerprint density at radius 2 is 1.94 bits per heavy atom. The van der Waals surface area contributed by atoms with Crippen molar-refractivity contribution in [1.29, 1.82) is 0 Å². The Morgan fingerprint density at radius 1 is 1.17 bits per heavy atom. The van der Waals surface area contributed by atoms with Crippen LogP contribution in [0, 0.1) is 17.2 Å². The third kappa shape index (κ3) is 5.04. The largest absolute Gasteiger partial charge is 0.491 e. The minimum absolute atomic E-state index is 0.0495. The molecular formula is C29H37FN2O3. The number of alkyl carbamates (subject to hydrolysis) is 1. The van der Waals surface area contributed by atoms with E-state index in [2.05, 4.69) is 24.1 Å². The van der Waals surface area contributed by atoms with Gasteiger partial charge in [-0.1, -0.05) is 26.0 Å². The molecule has 0 aromatic heterocycles. The molecule has 6 heteroatoms. The van der Waals surface area contributed by atoms with E-state index in [4.69, 9.17) is 9.47 Å². The predicted molar refractivity (Wildman–Crippen MR) is 135 cm³/mol. The number of amides is 1. The molecular weight excluding hydrogens is 443 g/mol. The molecule has 0 unspecified atom stereocenters. The van der Waals surface area contributed by atoms with Gasteiger partial charge in [-0.2, -0.15) is 0 Å². The number of aryl methyl sites for hydroxylation is 1. The van der Waals surface area contributed by atoms with E-state index in [9.17, 15) is 4.79 Å². The molecule has 3 aliphatic heterocycles. The lowest BCUT2D eigenvalue weighted by atomic mass is 9.70. The smallest absolute Gasteiger partial charge is 0.407 e. The number of hydrogen-bond donors (Lipinski definition) is 1. The van der Waals surface area contributed by atoms with Crippen molar-refractivity contribution in [3.8, 4) is 16.9 Å². The van der Waals surface area contributed by atoms with Crippen molar-refractivity contribution >= 4 is 6.09 Å². The number of hydrogen-bond acceptors (Lipinski definition) is 4. The number of carbonyl (C=O) groups is 1. The fourth-order valence-electron chi connectivity index (χ4n) is 5.98. The van der Waals surface area contributed by atoms with Crippen LogP contribution in [0.3, 0.4) is 0 Å². The standard InChI is InChI=1S/C29H37FN2O3/c1-18(2)34-22-7-5-6-20(14-22)23-15-21-8-11-29(3,4)27(24(21)16-25(23)30)31-28(33)35-26-17-32-12-9-19(26)10-13-32/h5-7,14-16,18-19,26-27H,8-13,17H2,1-4H3,(H,31,33)/t26-,27+/m1/s1. The predicted octanol–water partition coefficient (Wildman–Crippen LogP) is 6.11. The van der Waals surface area contributed by atoms with Gasteiger partial charge >= 0.3 is 6.09 Å². The van der Waals surface area contributed by atoms with Crippen molar-refractivity contribution in [3.63, 3.8) is 0 Å². The summed E-state index contributed by atoms with van der Waals surface area (Å²) >= 11 is 0. The topological polar surface area (TPSA) is 50.8 Å². The number of fused-ring (bicyclic) bond motifs is 4. The van der Waals surface area contributed by atoms with Crippen LogP contribution in [0.5, 0.6) is 5.75 Å². The van der Waals surface area contributed by atoms with Gasteiger partial charge in [-0.05, 0) is 105 Å². The lowest BCUT2D eigenvalue weighted by molar-refractivity contribution is -0.0353. The van der Waals surface area contributed by atoms with Crippen LogP contribution in [0.25, 0.3) is 11.1 Å². The number of carbonyl (C=O) groups excluding carboxylic acids is 1. The Kier molecular flexibility index (Phi) is 6.51. The molecule has 2 aromatic carbocycles. The molecule has 188 valence electrons. The third-order valence-corrected chi connectivity index (χ3v) is 7.99. The van der Waals surface area contributed by atoms with Crippen molar-refractivity contribution in [1.82, 2.24) is 10.2 Å². The van der Waals surface area contributed by atoms with Crippen molar-refractivity contribution in [3.05, 3.63) is 53.3 Å². The van der Waals surface area contributed by atoms with Crippen LogP contribution in [0.15, 0.2) is 36.4 Å². The molecule has 3 saturated heterocycles. The van der Waals surface area contributed by atoms with E-state index in [-0.39, 0.29) is 29.5 Å². The molecule has 35 heavy (non-hydrogen) atoms. The molecule has 0 saturated carbocycles. The summed E-state index contributed by atoms with van der Waals surface area (Å²) in [6.07, 6.45) is 3.52. The Morgan fingerprint density at radius 3 is 2.63 bits per heavy atom. The summed E-state index contributed by atoms with van der Waals surface area (Å²) in [5, 5.41) is 3.12. The Hall–Kier alpha value is -2.60. The summed E-state index contributed by atoms with van der Waals surface area (Å²) in [4.78, 5) is 15.4. The van der Waals surface area contributed by atoms with Gasteiger partial charge in [-0.3, -0.25) is 4.90 Å². The summed E-state index contributed by atoms with van der Waals surface area (Å²) in [6, 6.07) is 10.8. The van der Waals surface area contributed by atoms with Crippen molar-refractivity contribution in [2.45, 2.75) is 71.6 Å². The number of nitrogens with one attached hydrogen (secondary N) is 1. The monoisotopic (exact) mass is 480 g/mol. The first-order chi connectivity index (χ1) is 16.7. The average molecular weight is 481 g/mol. The Labute approximate surface area is 208 Å². The van der Waals surface area contributed by atoms with Crippen molar-refractivity contribution in [2.75, 3.05) is 19.6 Å². The van der Waals surface area contributed by atoms with Crippen LogP contribution in [-0.4, -0.2) is 42.8 Å². The quantitative estimate of drug-likeness (QED) is 0.561. The van der Waals surface area contributed by atoms with Crippen LogP contribution < -0.4 is 10.1 Å². The zero-order valence-corrected chi connectivity index (χ0v) is 21.3. The van der Waals surface area contributed by atoms with E-state index in [0.717, 1.165) is 67.8 Å². The first-order valence-corrected chi connectivity index (χ1v) is 13.0. The molecule has 5 nitrogen and oxygen atoms in total. The highest BCUT2D eigenvalue weighted by atomic mass is 19.1. The van der Waals surface area contributed by atoms with Crippen molar-refractivity contribution in [2.24, 2.45) is 11.3 Å². The van der Waals surface area contributed by atoms with Gasteiger partial charge < -0.3 is 14.8 Å². The zero-order chi connectivity index (χ0) is 24.7. The maximum absolute atomic E-state index is 15.5. The van der Waals surface area contributed by atoms with E-state index >= 15 is 4.39 Å². The Balaban J connectivity index is 1.38. The van der Waals surface area contributed by atoms with Crippen LogP contribution >= 0.6 is 0 Å². The second-order valence-corrected chi connectivity index (χ2v) is 11.4. The summed E-state index contributed by atoms with van der Waals surface area (Å²) in [5.41, 5.74) is 3.07. The van der Waals surface area contributed by atoms with Gasteiger partial charge in [0.1, 0.15) is 17.7 Å². The van der Waals surface area contributed by atoms with Gasteiger partial charge in [0.05, 0.1) is 12.1 Å². The minimum atomic E-state index is -0.391. The normalized spacial score (nSPS) is 26.8. The van der Waals surface area contributed by atoms with Gasteiger partial charge in [-0.25, -0.2) is 9.18 Å². The number of rotatable bonds is 5. The van der Waals surface area contributed by atoms with E-state index in [0.29, 0.717) is 11.5 Å². The minimum Gasteiger partial charge on any atom is -0.491 e. The number of piperidine rings is 3. The molecule has 4 aliphatic rings.